The van der Waals surface area contributed by atoms with Crippen molar-refractivity contribution in [1.29, 1.82) is 0 Å². The molecule has 114 valence electrons. The van der Waals surface area contributed by atoms with E-state index >= 15 is 0 Å². The van der Waals surface area contributed by atoms with Crippen LogP contribution in [0.3, 0.4) is 0 Å². The first-order valence-corrected chi connectivity index (χ1v) is 6.87. The molecule has 1 aliphatic heterocycles. The first kappa shape index (κ1) is 15.3. The van der Waals surface area contributed by atoms with Crippen LogP contribution in [0.2, 0.25) is 0 Å². The third-order valence-electron chi connectivity index (χ3n) is 3.64. The number of hydrogen-bond acceptors (Lipinski definition) is 2. The zero-order chi connectivity index (χ0) is 15.6. The Bertz CT molecular complexity index is 572. The van der Waals surface area contributed by atoms with E-state index in [1.807, 2.05) is 0 Å². The minimum absolute atomic E-state index is 0.0774. The number of carbonyl (C=O) groups excluding carboxylic acids is 1. The molecule has 0 atom stereocenters. The summed E-state index contributed by atoms with van der Waals surface area (Å²) in [7, 11) is 0. The molecule has 0 bridgehead atoms. The predicted molar refractivity (Wildman–Crippen MR) is 77.0 cm³/mol. The lowest BCUT2D eigenvalue weighted by molar-refractivity contribution is 0.0692. The van der Waals surface area contributed by atoms with E-state index in [0.29, 0.717) is 13.1 Å². The maximum Gasteiger partial charge on any atom is 0.338 e. The van der Waals surface area contributed by atoms with Gasteiger partial charge in [-0.2, -0.15) is 0 Å². The molecule has 2 amide bonds. The van der Waals surface area contributed by atoms with E-state index in [1.165, 1.54) is 6.07 Å². The molecule has 1 saturated heterocycles. The molecule has 0 radical (unpaired) electrons. The Morgan fingerprint density at radius 1 is 1.38 bits per heavy atom. The van der Waals surface area contributed by atoms with Crippen LogP contribution in [0.25, 0.3) is 0 Å². The zero-order valence-corrected chi connectivity index (χ0v) is 12.1. The van der Waals surface area contributed by atoms with E-state index in [-0.39, 0.29) is 17.1 Å². The average Bonchev–Trinajstić information content (AvgIpc) is 2.37. The van der Waals surface area contributed by atoms with Gasteiger partial charge in [0, 0.05) is 18.8 Å². The summed E-state index contributed by atoms with van der Waals surface area (Å²) in [6.45, 7) is 5.53. The fourth-order valence-electron chi connectivity index (χ4n) is 2.57. The molecule has 6 heteroatoms. The minimum atomic E-state index is -1.33. The van der Waals surface area contributed by atoms with Crippen molar-refractivity contribution in [2.45, 2.75) is 26.7 Å². The summed E-state index contributed by atoms with van der Waals surface area (Å²) in [4.78, 5) is 24.6. The third kappa shape index (κ3) is 3.71. The quantitative estimate of drug-likeness (QED) is 0.880. The Balaban J connectivity index is 2.06. The molecule has 1 aromatic rings. The largest absolute Gasteiger partial charge is 0.478 e. The molecule has 1 aliphatic rings. The highest BCUT2D eigenvalue weighted by molar-refractivity contribution is 5.91. The topological polar surface area (TPSA) is 69.6 Å². The summed E-state index contributed by atoms with van der Waals surface area (Å²) in [6.07, 6.45) is 2.01. The number of piperidine rings is 1. The van der Waals surface area contributed by atoms with Gasteiger partial charge in [-0.25, -0.2) is 14.0 Å². The minimum Gasteiger partial charge on any atom is -0.478 e. The molecule has 5 nitrogen and oxygen atoms in total. The van der Waals surface area contributed by atoms with Crippen LogP contribution in [0.4, 0.5) is 14.9 Å². The van der Waals surface area contributed by atoms with E-state index in [1.54, 1.807) is 4.90 Å². The molecular weight excluding hydrogens is 275 g/mol. The number of halogens is 1. The molecule has 1 heterocycles. The lowest BCUT2D eigenvalue weighted by Gasteiger charge is -2.37. The van der Waals surface area contributed by atoms with Crippen molar-refractivity contribution in [1.82, 2.24) is 4.90 Å². The summed E-state index contributed by atoms with van der Waals surface area (Å²) in [6, 6.07) is 3.27. The molecule has 0 saturated carbocycles. The fraction of sp³-hybridized carbons (Fsp3) is 0.467. The van der Waals surface area contributed by atoms with E-state index in [9.17, 15) is 14.0 Å². The molecule has 0 aliphatic carbocycles. The molecule has 1 fully saturated rings. The van der Waals surface area contributed by atoms with Gasteiger partial charge in [-0.05, 0) is 36.5 Å². The third-order valence-corrected chi connectivity index (χ3v) is 3.64. The monoisotopic (exact) mass is 294 g/mol. The lowest BCUT2D eigenvalue weighted by atomic mass is 9.84. The number of benzene rings is 1. The van der Waals surface area contributed by atoms with Crippen LogP contribution in [0.5, 0.6) is 0 Å². The predicted octanol–water partition coefficient (Wildman–Crippen LogP) is 3.18. The molecule has 0 aromatic heterocycles. The Morgan fingerprint density at radius 3 is 2.67 bits per heavy atom. The molecule has 2 N–H and O–H groups in total. The molecule has 0 spiro atoms. The van der Waals surface area contributed by atoms with E-state index in [0.717, 1.165) is 25.0 Å². The Morgan fingerprint density at radius 2 is 2.10 bits per heavy atom. The second-order valence-corrected chi connectivity index (χ2v) is 6.12. The lowest BCUT2D eigenvalue weighted by Crippen LogP contribution is -2.45. The molecular formula is C15H19FN2O3. The van der Waals surface area contributed by atoms with E-state index in [4.69, 9.17) is 5.11 Å². The number of carbonyl (C=O) groups is 2. The second kappa shape index (κ2) is 5.71. The maximum atomic E-state index is 13.6. The van der Waals surface area contributed by atoms with Crippen LogP contribution < -0.4 is 5.32 Å². The second-order valence-electron chi connectivity index (χ2n) is 6.12. The van der Waals surface area contributed by atoms with Crippen LogP contribution in [0, 0.1) is 11.2 Å². The number of rotatable bonds is 2. The summed E-state index contributed by atoms with van der Waals surface area (Å²) in [5, 5.41) is 11.4. The molecule has 0 unspecified atom stereocenters. The molecule has 1 aromatic carbocycles. The SMILES string of the molecule is CC1(C)CCCN(C(=O)Nc2ccc(C(=O)O)c(F)c2)C1. The van der Waals surface area contributed by atoms with E-state index < -0.39 is 17.3 Å². The van der Waals surface area contributed by atoms with Crippen molar-refractivity contribution < 1.29 is 19.1 Å². The number of anilines is 1. The van der Waals surface area contributed by atoms with Crippen LogP contribution in [-0.4, -0.2) is 35.1 Å². The Hall–Kier alpha value is -2.11. The van der Waals surface area contributed by atoms with Crippen LogP contribution >= 0.6 is 0 Å². The van der Waals surface area contributed by atoms with Crippen LogP contribution in [-0.2, 0) is 0 Å². The first-order valence-electron chi connectivity index (χ1n) is 6.87. The van der Waals surface area contributed by atoms with E-state index in [2.05, 4.69) is 19.2 Å². The normalized spacial score (nSPS) is 17.4. The summed E-state index contributed by atoms with van der Waals surface area (Å²) >= 11 is 0. The van der Waals surface area contributed by atoms with Crippen molar-refractivity contribution in [3.63, 3.8) is 0 Å². The number of nitrogens with zero attached hydrogens (tertiary/aromatic N) is 1. The summed E-state index contributed by atoms with van der Waals surface area (Å²) < 4.78 is 13.6. The van der Waals surface area contributed by atoms with Gasteiger partial charge in [-0.3, -0.25) is 0 Å². The summed E-state index contributed by atoms with van der Waals surface area (Å²) in [5.74, 6) is -2.19. The number of carboxylic acids is 1. The van der Waals surface area contributed by atoms with Gasteiger partial charge in [0.15, 0.2) is 0 Å². The van der Waals surface area contributed by atoms with Crippen molar-refractivity contribution in [2.24, 2.45) is 5.41 Å². The smallest absolute Gasteiger partial charge is 0.338 e. The van der Waals surface area contributed by atoms with Gasteiger partial charge in [0.2, 0.25) is 0 Å². The van der Waals surface area contributed by atoms with Crippen LogP contribution in [0.15, 0.2) is 18.2 Å². The van der Waals surface area contributed by atoms with Gasteiger partial charge in [0.25, 0.3) is 0 Å². The number of nitrogens with one attached hydrogen (secondary N) is 1. The Kier molecular flexibility index (Phi) is 4.16. The highest BCUT2D eigenvalue weighted by atomic mass is 19.1. The van der Waals surface area contributed by atoms with Gasteiger partial charge in [0.1, 0.15) is 5.82 Å². The van der Waals surface area contributed by atoms with Gasteiger partial charge in [0.05, 0.1) is 5.56 Å². The standard InChI is InChI=1S/C15H19FN2O3/c1-15(2)6-3-7-18(9-15)14(21)17-10-4-5-11(13(19)20)12(16)8-10/h4-5,8H,3,6-7,9H2,1-2H3,(H,17,21)(H,19,20). The number of likely N-dealkylation sites (tertiary alicyclic amines) is 1. The number of urea groups is 1. The Labute approximate surface area is 122 Å². The van der Waals surface area contributed by atoms with Crippen molar-refractivity contribution >= 4 is 17.7 Å². The highest BCUT2D eigenvalue weighted by Crippen LogP contribution is 2.28. The average molecular weight is 294 g/mol. The zero-order valence-electron chi connectivity index (χ0n) is 12.1. The molecule has 2 rings (SSSR count). The van der Waals surface area contributed by atoms with Gasteiger partial charge >= 0.3 is 12.0 Å². The van der Waals surface area contributed by atoms with Crippen molar-refractivity contribution in [2.75, 3.05) is 18.4 Å². The maximum absolute atomic E-state index is 13.6. The highest BCUT2D eigenvalue weighted by Gasteiger charge is 2.29. The van der Waals surface area contributed by atoms with Crippen LogP contribution in [0.1, 0.15) is 37.0 Å². The summed E-state index contributed by atoms with van der Waals surface area (Å²) in [5.41, 5.74) is -0.0773. The van der Waals surface area contributed by atoms with Crippen molar-refractivity contribution in [3.05, 3.63) is 29.6 Å². The fourth-order valence-corrected chi connectivity index (χ4v) is 2.57. The number of hydrogen-bond donors (Lipinski definition) is 2. The van der Waals surface area contributed by atoms with Crippen molar-refractivity contribution in [3.8, 4) is 0 Å². The number of amides is 2. The number of aromatic carboxylic acids is 1. The molecule has 21 heavy (non-hydrogen) atoms. The van der Waals surface area contributed by atoms with Gasteiger partial charge < -0.3 is 15.3 Å². The number of carboxylic acid groups (broad SMARTS) is 1. The van der Waals surface area contributed by atoms with Gasteiger partial charge in [-0.15, -0.1) is 0 Å². The van der Waals surface area contributed by atoms with Gasteiger partial charge in [-0.1, -0.05) is 13.8 Å². The first-order chi connectivity index (χ1) is 9.78.